The quantitative estimate of drug-likeness (QED) is 0.921. The van der Waals surface area contributed by atoms with E-state index in [2.05, 4.69) is 10.2 Å². The summed E-state index contributed by atoms with van der Waals surface area (Å²) in [6.07, 6.45) is 0. The molecule has 2 aromatic rings. The maximum Gasteiger partial charge on any atom is 0.224 e. The van der Waals surface area contributed by atoms with Gasteiger partial charge in [0.25, 0.3) is 0 Å². The third kappa shape index (κ3) is 3.27. The van der Waals surface area contributed by atoms with E-state index in [1.807, 2.05) is 36.4 Å². The topological polar surface area (TPSA) is 45.5 Å². The molecule has 23 heavy (non-hydrogen) atoms. The molecule has 0 unspecified atom stereocenters. The van der Waals surface area contributed by atoms with Gasteiger partial charge in [-0.25, -0.2) is 0 Å². The fraction of sp³-hybridized carbons (Fsp3) is 0.353. The second-order valence-electron chi connectivity index (χ2n) is 6.08. The highest BCUT2D eigenvalue weighted by Gasteiger charge is 2.41. The van der Waals surface area contributed by atoms with Crippen LogP contribution in [-0.2, 0) is 11.3 Å². The number of halogens is 1. The van der Waals surface area contributed by atoms with E-state index in [1.54, 1.807) is 11.8 Å². The molecule has 0 bridgehead atoms. The van der Waals surface area contributed by atoms with Gasteiger partial charge < -0.3 is 9.73 Å². The van der Waals surface area contributed by atoms with E-state index in [1.165, 1.54) is 0 Å². The predicted molar refractivity (Wildman–Crippen MR) is 89.5 cm³/mol. The van der Waals surface area contributed by atoms with Gasteiger partial charge in [0.15, 0.2) is 5.09 Å². The van der Waals surface area contributed by atoms with Gasteiger partial charge in [-0.1, -0.05) is 23.4 Å². The van der Waals surface area contributed by atoms with Crippen LogP contribution in [0.1, 0.15) is 5.76 Å². The Kier molecular flexibility index (Phi) is 4.09. The maximum atomic E-state index is 11.7. The first kappa shape index (κ1) is 15.1. The molecule has 0 saturated carbocycles. The molecule has 4 nitrogen and oxygen atoms in total. The van der Waals surface area contributed by atoms with Gasteiger partial charge in [-0.15, -0.1) is 0 Å². The number of nitrogens with one attached hydrogen (secondary N) is 1. The van der Waals surface area contributed by atoms with E-state index in [9.17, 15) is 4.79 Å². The minimum absolute atomic E-state index is 0.160. The fourth-order valence-electron chi connectivity index (χ4n) is 3.29. The average molecular weight is 349 g/mol. The van der Waals surface area contributed by atoms with E-state index in [4.69, 9.17) is 16.0 Å². The number of amides is 1. The summed E-state index contributed by atoms with van der Waals surface area (Å²) in [5.74, 6) is 1.77. The molecule has 1 amide bonds. The monoisotopic (exact) mass is 348 g/mol. The van der Waals surface area contributed by atoms with Crippen LogP contribution >= 0.6 is 23.4 Å². The molecule has 0 aliphatic carbocycles. The normalized spacial score (nSPS) is 24.0. The van der Waals surface area contributed by atoms with Crippen LogP contribution in [0, 0.1) is 11.8 Å². The zero-order chi connectivity index (χ0) is 15.8. The van der Waals surface area contributed by atoms with Crippen molar-refractivity contribution in [1.29, 1.82) is 0 Å². The van der Waals surface area contributed by atoms with Gasteiger partial charge in [-0.05, 0) is 36.4 Å². The molecule has 120 valence electrons. The molecule has 0 spiro atoms. The molecule has 1 aromatic carbocycles. The highest BCUT2D eigenvalue weighted by molar-refractivity contribution is 7.99. The summed E-state index contributed by atoms with van der Waals surface area (Å²) in [5, 5.41) is 4.55. The van der Waals surface area contributed by atoms with Gasteiger partial charge in [-0.2, -0.15) is 0 Å². The van der Waals surface area contributed by atoms with Gasteiger partial charge in [0.1, 0.15) is 5.76 Å². The molecule has 4 rings (SSSR count). The Balaban J connectivity index is 1.37. The maximum absolute atomic E-state index is 11.7. The van der Waals surface area contributed by atoms with Crippen molar-refractivity contribution in [2.24, 2.45) is 11.8 Å². The second-order valence-corrected chi connectivity index (χ2v) is 7.60. The lowest BCUT2D eigenvalue weighted by Crippen LogP contribution is -2.28. The number of likely N-dealkylation sites (tertiary alicyclic amines) is 1. The molecule has 2 saturated heterocycles. The Morgan fingerprint density at radius 2 is 2.04 bits per heavy atom. The van der Waals surface area contributed by atoms with Gasteiger partial charge >= 0.3 is 0 Å². The Hall–Kier alpha value is -1.43. The van der Waals surface area contributed by atoms with Gasteiger partial charge in [0.2, 0.25) is 5.91 Å². The Morgan fingerprint density at radius 3 is 2.83 bits per heavy atom. The predicted octanol–water partition coefficient (Wildman–Crippen LogP) is 3.26. The van der Waals surface area contributed by atoms with Crippen LogP contribution in [0.4, 0.5) is 0 Å². The number of fused-ring (bicyclic) bond motifs is 1. The van der Waals surface area contributed by atoms with E-state index < -0.39 is 0 Å². The minimum atomic E-state index is 0.160. The van der Waals surface area contributed by atoms with Crippen molar-refractivity contribution in [2.75, 3.05) is 19.6 Å². The summed E-state index contributed by atoms with van der Waals surface area (Å²) in [6, 6.07) is 11.7. The number of hydrogen-bond donors (Lipinski definition) is 1. The average Bonchev–Trinajstić information content (AvgIpc) is 3.21. The Labute approximate surface area is 144 Å². The first-order chi connectivity index (χ1) is 11.2. The molecule has 2 atom stereocenters. The number of carbonyl (C=O) groups is 1. The van der Waals surface area contributed by atoms with Crippen molar-refractivity contribution in [2.45, 2.75) is 16.5 Å². The van der Waals surface area contributed by atoms with Crippen molar-refractivity contribution in [1.82, 2.24) is 10.2 Å². The Morgan fingerprint density at radius 1 is 1.22 bits per heavy atom. The van der Waals surface area contributed by atoms with Crippen molar-refractivity contribution in [3.05, 3.63) is 47.2 Å². The Bertz CT molecular complexity index is 716. The summed E-state index contributed by atoms with van der Waals surface area (Å²) < 4.78 is 5.92. The second kappa shape index (κ2) is 6.23. The zero-order valence-electron chi connectivity index (χ0n) is 12.5. The summed E-state index contributed by atoms with van der Waals surface area (Å²) in [4.78, 5) is 15.1. The van der Waals surface area contributed by atoms with Crippen molar-refractivity contribution in [3.8, 4) is 0 Å². The lowest BCUT2D eigenvalue weighted by atomic mass is 10.0. The number of carbonyl (C=O) groups excluding carboxylic acids is 1. The summed E-state index contributed by atoms with van der Waals surface area (Å²) in [7, 11) is 0. The number of benzene rings is 1. The van der Waals surface area contributed by atoms with Crippen LogP contribution < -0.4 is 5.32 Å². The first-order valence-corrected chi connectivity index (χ1v) is 8.89. The van der Waals surface area contributed by atoms with E-state index in [0.717, 1.165) is 46.9 Å². The summed E-state index contributed by atoms with van der Waals surface area (Å²) in [5.41, 5.74) is 0. The van der Waals surface area contributed by atoms with Crippen molar-refractivity contribution in [3.63, 3.8) is 0 Å². The molecule has 1 N–H and O–H groups in total. The molecular weight excluding hydrogens is 332 g/mol. The lowest BCUT2D eigenvalue weighted by molar-refractivity contribution is -0.122. The molecular formula is C17H17ClN2O2S. The van der Waals surface area contributed by atoms with Gasteiger partial charge in [0, 0.05) is 35.5 Å². The molecule has 3 heterocycles. The lowest BCUT2D eigenvalue weighted by Gasteiger charge is -2.14. The van der Waals surface area contributed by atoms with E-state index in [0.29, 0.717) is 5.92 Å². The molecule has 6 heteroatoms. The number of furan rings is 1. The molecule has 2 aliphatic rings. The van der Waals surface area contributed by atoms with Crippen molar-refractivity contribution >= 4 is 29.3 Å². The van der Waals surface area contributed by atoms with Crippen LogP contribution in [-0.4, -0.2) is 30.4 Å². The van der Waals surface area contributed by atoms with Crippen LogP contribution in [0.5, 0.6) is 0 Å². The highest BCUT2D eigenvalue weighted by atomic mass is 35.5. The van der Waals surface area contributed by atoms with E-state index in [-0.39, 0.29) is 11.8 Å². The first-order valence-electron chi connectivity index (χ1n) is 7.69. The highest BCUT2D eigenvalue weighted by Crippen LogP contribution is 2.32. The van der Waals surface area contributed by atoms with Crippen molar-refractivity contribution < 1.29 is 9.21 Å². The number of nitrogens with zero attached hydrogens (tertiary/aromatic N) is 1. The molecule has 2 fully saturated rings. The van der Waals surface area contributed by atoms with Crippen LogP contribution in [0.3, 0.4) is 0 Å². The third-order valence-electron chi connectivity index (χ3n) is 4.44. The number of rotatable bonds is 4. The van der Waals surface area contributed by atoms with Crippen LogP contribution in [0.15, 0.2) is 50.8 Å². The largest absolute Gasteiger partial charge is 0.453 e. The smallest absolute Gasteiger partial charge is 0.224 e. The summed E-state index contributed by atoms with van der Waals surface area (Å²) >= 11 is 7.48. The van der Waals surface area contributed by atoms with Crippen LogP contribution in [0.2, 0.25) is 5.02 Å². The fourth-order valence-corrected chi connectivity index (χ4v) is 4.21. The van der Waals surface area contributed by atoms with E-state index >= 15 is 0 Å². The molecule has 2 aliphatic heterocycles. The minimum Gasteiger partial charge on any atom is -0.453 e. The van der Waals surface area contributed by atoms with Gasteiger partial charge in [-0.3, -0.25) is 9.69 Å². The molecule has 0 radical (unpaired) electrons. The SMILES string of the molecule is O=C1NC[C@H]2CN(Cc3ccc(Sc4ccc(Cl)cc4)o3)C[C@@H]12. The standard InChI is InChI=1S/C17H17ClN2O2S/c18-12-1-4-14(5-2-12)23-16-6-3-13(22-16)9-20-8-11-7-19-17(21)15(11)10-20/h1-6,11,15H,7-10H2,(H,19,21)/t11-,15+/m0/s1. The summed E-state index contributed by atoms with van der Waals surface area (Å²) in [6.45, 7) is 3.37. The molecule has 1 aromatic heterocycles. The third-order valence-corrected chi connectivity index (χ3v) is 5.62. The van der Waals surface area contributed by atoms with Crippen LogP contribution in [0.25, 0.3) is 0 Å². The number of hydrogen-bond acceptors (Lipinski definition) is 4. The zero-order valence-corrected chi connectivity index (χ0v) is 14.1. The van der Waals surface area contributed by atoms with Gasteiger partial charge in [0.05, 0.1) is 12.5 Å².